The van der Waals surface area contributed by atoms with Crippen molar-refractivity contribution in [1.29, 1.82) is 0 Å². The third-order valence-corrected chi connectivity index (χ3v) is 3.31. The molecule has 0 saturated carbocycles. The summed E-state index contributed by atoms with van der Waals surface area (Å²) in [6.45, 7) is 0.180. The fourth-order valence-electron chi connectivity index (χ4n) is 1.94. The first-order valence-corrected chi connectivity index (χ1v) is 6.86. The number of carbonyl (C=O) groups excluding carboxylic acids is 1. The van der Waals surface area contributed by atoms with Crippen LogP contribution in [0.3, 0.4) is 0 Å². The van der Waals surface area contributed by atoms with E-state index in [0.29, 0.717) is 27.8 Å². The number of esters is 1. The number of pyridine rings is 1. The highest BCUT2D eigenvalue weighted by atomic mass is 35.5. The molecule has 0 fully saturated rings. The Morgan fingerprint density at radius 2 is 2.14 bits per heavy atom. The summed E-state index contributed by atoms with van der Waals surface area (Å²) in [5, 5.41) is 4.80. The fraction of sp³-hybridized carbons (Fsp3) is 0.133. The van der Waals surface area contributed by atoms with E-state index < -0.39 is 5.97 Å². The molecule has 7 heteroatoms. The number of halogens is 1. The zero-order valence-electron chi connectivity index (χ0n) is 11.7. The number of hydrogen-bond acceptors (Lipinski definition) is 5. The fourth-order valence-corrected chi connectivity index (χ4v) is 2.13. The Balaban J connectivity index is 1.80. The first kappa shape index (κ1) is 14.3. The van der Waals surface area contributed by atoms with Crippen molar-refractivity contribution in [1.82, 2.24) is 14.6 Å². The minimum atomic E-state index is -0.417. The van der Waals surface area contributed by atoms with Crippen LogP contribution < -0.4 is 4.74 Å². The van der Waals surface area contributed by atoms with Crippen LogP contribution in [-0.4, -0.2) is 27.7 Å². The predicted molar refractivity (Wildman–Crippen MR) is 80.1 cm³/mol. The molecule has 0 radical (unpaired) electrons. The monoisotopic (exact) mass is 317 g/mol. The highest BCUT2D eigenvalue weighted by Crippen LogP contribution is 2.23. The first-order valence-electron chi connectivity index (χ1n) is 6.48. The van der Waals surface area contributed by atoms with Crippen molar-refractivity contribution in [2.75, 3.05) is 7.11 Å². The van der Waals surface area contributed by atoms with E-state index in [1.807, 2.05) is 12.1 Å². The lowest BCUT2D eigenvalue weighted by Gasteiger charge is -2.04. The largest absolute Gasteiger partial charge is 0.484 e. The van der Waals surface area contributed by atoms with E-state index in [1.165, 1.54) is 7.11 Å². The van der Waals surface area contributed by atoms with Gasteiger partial charge in [0.05, 0.1) is 17.7 Å². The lowest BCUT2D eigenvalue weighted by atomic mass is 10.3. The zero-order chi connectivity index (χ0) is 15.5. The summed E-state index contributed by atoms with van der Waals surface area (Å²) < 4.78 is 11.8. The average molecular weight is 318 g/mol. The smallest absolute Gasteiger partial charge is 0.338 e. The first-order chi connectivity index (χ1) is 10.7. The number of hydrogen-bond donors (Lipinski definition) is 0. The lowest BCUT2D eigenvalue weighted by Crippen LogP contribution is -2.02. The molecular weight excluding hydrogens is 306 g/mol. The Hall–Kier alpha value is -2.60. The van der Waals surface area contributed by atoms with Crippen molar-refractivity contribution in [2.45, 2.75) is 6.61 Å². The molecule has 6 nitrogen and oxygen atoms in total. The summed E-state index contributed by atoms with van der Waals surface area (Å²) in [6, 6.07) is 10.4. The van der Waals surface area contributed by atoms with Gasteiger partial charge in [0.25, 0.3) is 0 Å². The van der Waals surface area contributed by atoms with E-state index in [9.17, 15) is 4.79 Å². The maximum atomic E-state index is 11.5. The minimum absolute atomic E-state index is 0.180. The summed E-state index contributed by atoms with van der Waals surface area (Å²) in [7, 11) is 1.33. The molecular formula is C15H12ClN3O3. The molecule has 0 spiro atoms. The number of nitrogens with zero attached hydrogens (tertiary/aromatic N) is 3. The Morgan fingerprint density at radius 3 is 2.91 bits per heavy atom. The van der Waals surface area contributed by atoms with Gasteiger partial charge in [-0.25, -0.2) is 14.3 Å². The molecule has 0 aliphatic rings. The second kappa shape index (κ2) is 6.03. The van der Waals surface area contributed by atoms with Crippen LogP contribution in [0.15, 0.2) is 42.6 Å². The molecule has 0 aliphatic heterocycles. The third kappa shape index (κ3) is 2.87. The van der Waals surface area contributed by atoms with Gasteiger partial charge in [-0.2, -0.15) is 0 Å². The molecule has 2 heterocycles. The average Bonchev–Trinajstić information content (AvgIpc) is 2.95. The molecule has 2 aromatic heterocycles. The molecule has 0 N–H and O–H groups in total. The number of ether oxygens (including phenoxy) is 2. The van der Waals surface area contributed by atoms with Gasteiger partial charge in [-0.1, -0.05) is 23.7 Å². The number of benzene rings is 1. The summed E-state index contributed by atoms with van der Waals surface area (Å²) >= 11 is 6.02. The highest BCUT2D eigenvalue weighted by molar-refractivity contribution is 6.32. The molecule has 22 heavy (non-hydrogen) atoms. The van der Waals surface area contributed by atoms with Crippen LogP contribution >= 0.6 is 11.6 Å². The number of para-hydroxylation sites is 1. The van der Waals surface area contributed by atoms with Crippen LogP contribution in [0.4, 0.5) is 0 Å². The number of fused-ring (bicyclic) bond motifs is 1. The second-order valence-corrected chi connectivity index (χ2v) is 4.86. The molecule has 1 aromatic carbocycles. The third-order valence-electron chi connectivity index (χ3n) is 3.00. The van der Waals surface area contributed by atoms with Gasteiger partial charge in [0.15, 0.2) is 11.5 Å². The number of carbonyl (C=O) groups is 1. The molecule has 112 valence electrons. The standard InChI is InChI=1S/C15H12ClN3O3/c1-21-15(20)10-6-7-19-14(8-10)17-13(18-19)9-22-12-5-3-2-4-11(12)16/h2-8H,9H2,1H3. The van der Waals surface area contributed by atoms with Crippen molar-refractivity contribution in [3.05, 3.63) is 59.0 Å². The van der Waals surface area contributed by atoms with Gasteiger partial charge in [0, 0.05) is 6.20 Å². The number of aromatic nitrogens is 3. The SMILES string of the molecule is COC(=O)c1ccn2nc(COc3ccccc3Cl)nc2c1. The van der Waals surface area contributed by atoms with Crippen LogP contribution in [0.25, 0.3) is 5.65 Å². The molecule has 0 amide bonds. The van der Waals surface area contributed by atoms with Gasteiger partial charge in [0.1, 0.15) is 12.4 Å². The molecule has 0 aliphatic carbocycles. The van der Waals surface area contributed by atoms with Crippen molar-refractivity contribution in [3.8, 4) is 5.75 Å². The van der Waals surface area contributed by atoms with Gasteiger partial charge in [-0.15, -0.1) is 5.10 Å². The van der Waals surface area contributed by atoms with Gasteiger partial charge in [0.2, 0.25) is 0 Å². The van der Waals surface area contributed by atoms with Crippen molar-refractivity contribution < 1.29 is 14.3 Å². The second-order valence-electron chi connectivity index (χ2n) is 4.46. The quantitative estimate of drug-likeness (QED) is 0.692. The zero-order valence-corrected chi connectivity index (χ0v) is 12.4. The maximum absolute atomic E-state index is 11.5. The van der Waals surface area contributed by atoms with Gasteiger partial charge in [-0.05, 0) is 24.3 Å². The maximum Gasteiger partial charge on any atom is 0.338 e. The van der Waals surface area contributed by atoms with Crippen LogP contribution in [0.2, 0.25) is 5.02 Å². The summed E-state index contributed by atoms with van der Waals surface area (Å²) in [5.74, 6) is 0.638. The Labute approximate surface area is 131 Å². The van der Waals surface area contributed by atoms with Gasteiger partial charge in [-0.3, -0.25) is 0 Å². The van der Waals surface area contributed by atoms with E-state index in [-0.39, 0.29) is 6.61 Å². The van der Waals surface area contributed by atoms with E-state index in [4.69, 9.17) is 16.3 Å². The van der Waals surface area contributed by atoms with Gasteiger partial charge >= 0.3 is 5.97 Å². The molecule has 0 bridgehead atoms. The van der Waals surface area contributed by atoms with Crippen molar-refractivity contribution in [3.63, 3.8) is 0 Å². The van der Waals surface area contributed by atoms with E-state index >= 15 is 0 Å². The van der Waals surface area contributed by atoms with Crippen LogP contribution in [0.5, 0.6) is 5.75 Å². The summed E-state index contributed by atoms with van der Waals surface area (Å²) in [4.78, 5) is 15.8. The molecule has 0 saturated heterocycles. The van der Waals surface area contributed by atoms with Gasteiger partial charge < -0.3 is 9.47 Å². The summed E-state index contributed by atoms with van der Waals surface area (Å²) in [5.41, 5.74) is 0.960. The predicted octanol–water partition coefficient (Wildman–Crippen LogP) is 2.75. The van der Waals surface area contributed by atoms with Crippen LogP contribution in [0, 0.1) is 0 Å². The Kier molecular flexibility index (Phi) is 3.93. The Morgan fingerprint density at radius 1 is 1.32 bits per heavy atom. The highest BCUT2D eigenvalue weighted by Gasteiger charge is 2.10. The topological polar surface area (TPSA) is 65.7 Å². The molecule has 0 unspecified atom stereocenters. The lowest BCUT2D eigenvalue weighted by molar-refractivity contribution is 0.0600. The van der Waals surface area contributed by atoms with Crippen LogP contribution in [-0.2, 0) is 11.3 Å². The molecule has 3 aromatic rings. The van der Waals surface area contributed by atoms with E-state index in [1.54, 1.807) is 35.0 Å². The van der Waals surface area contributed by atoms with E-state index in [2.05, 4.69) is 14.8 Å². The normalized spacial score (nSPS) is 10.6. The number of methoxy groups -OCH3 is 1. The summed E-state index contributed by atoms with van der Waals surface area (Å²) in [6.07, 6.45) is 1.65. The minimum Gasteiger partial charge on any atom is -0.484 e. The molecule has 3 rings (SSSR count). The van der Waals surface area contributed by atoms with Crippen LogP contribution in [0.1, 0.15) is 16.2 Å². The number of rotatable bonds is 4. The Bertz CT molecular complexity index is 832. The van der Waals surface area contributed by atoms with Crippen molar-refractivity contribution >= 4 is 23.2 Å². The van der Waals surface area contributed by atoms with Crippen molar-refractivity contribution in [2.24, 2.45) is 0 Å². The molecule has 0 atom stereocenters. The van der Waals surface area contributed by atoms with E-state index in [0.717, 1.165) is 0 Å².